The van der Waals surface area contributed by atoms with Crippen LogP contribution in [0.4, 0.5) is 0 Å². The lowest BCUT2D eigenvalue weighted by molar-refractivity contribution is -0.379. The van der Waals surface area contributed by atoms with Crippen molar-refractivity contribution in [2.24, 2.45) is 0 Å². The standard InChI is InChI=1S/C79H145NO18/c1-3-5-7-9-11-13-15-17-19-21-22-23-24-25-26-27-28-29-30-31-32-33-34-35-36-37-38-39-40-41-43-45-47-49-51-53-55-57-67(85)80-62(63(84)56-54-52-50-48-46-44-42-20-18-16-14-12-10-8-6-4-2)61-93-77-73(91)70(88)75(65(59-82)95-77)98-79-74(92)71(89)76(66(60-83)96-79)97-78-72(90)69(87)68(86)64(58-81)94-78/h5,7,11,13,17,19,22-23,62-66,68-79,81-84,86-92H,3-4,6,8-10,12,14-16,18,20-21,24-61H2,1-2H3,(H,80,85)/b7-5-,13-11-,19-17-,23-22-. The second kappa shape index (κ2) is 60.1. The minimum Gasteiger partial charge on any atom is -0.394 e. The minimum atomic E-state index is -1.97. The van der Waals surface area contributed by atoms with Gasteiger partial charge in [-0.05, 0) is 51.4 Å². The zero-order valence-corrected chi connectivity index (χ0v) is 61.3. The van der Waals surface area contributed by atoms with Crippen molar-refractivity contribution < 1.29 is 89.4 Å². The number of allylic oxidation sites excluding steroid dienone is 8. The van der Waals surface area contributed by atoms with Crippen LogP contribution >= 0.6 is 0 Å². The van der Waals surface area contributed by atoms with Crippen LogP contribution in [0.2, 0.25) is 0 Å². The molecule has 0 aromatic carbocycles. The maximum absolute atomic E-state index is 13.5. The van der Waals surface area contributed by atoms with E-state index in [2.05, 4.69) is 67.8 Å². The molecule has 17 atom stereocenters. The number of carbonyl (C=O) groups is 1. The summed E-state index contributed by atoms with van der Waals surface area (Å²) in [7, 11) is 0. The van der Waals surface area contributed by atoms with Crippen LogP contribution in [0.25, 0.3) is 0 Å². The van der Waals surface area contributed by atoms with E-state index in [0.717, 1.165) is 70.6 Å². The Balaban J connectivity index is 1.30. The smallest absolute Gasteiger partial charge is 0.220 e. The Labute approximate surface area is 593 Å². The number of aliphatic hydroxyl groups is 11. The van der Waals surface area contributed by atoms with Gasteiger partial charge >= 0.3 is 0 Å². The molecule has 98 heavy (non-hydrogen) atoms. The van der Waals surface area contributed by atoms with E-state index in [4.69, 9.17) is 28.4 Å². The van der Waals surface area contributed by atoms with Crippen LogP contribution in [-0.2, 0) is 33.2 Å². The van der Waals surface area contributed by atoms with Crippen molar-refractivity contribution in [1.82, 2.24) is 5.32 Å². The number of ether oxygens (including phenoxy) is 6. The normalized spacial score (nSPS) is 27.0. The van der Waals surface area contributed by atoms with Crippen molar-refractivity contribution in [2.75, 3.05) is 26.4 Å². The molecule has 3 aliphatic rings. The summed E-state index contributed by atoms with van der Waals surface area (Å²) in [5.41, 5.74) is 0. The number of unbranched alkanes of at least 4 members (excludes halogenated alkanes) is 39. The summed E-state index contributed by atoms with van der Waals surface area (Å²) in [6.07, 6.45) is 47.9. The zero-order chi connectivity index (χ0) is 71.1. The van der Waals surface area contributed by atoms with Gasteiger partial charge in [0.05, 0.1) is 38.6 Å². The Kier molecular flexibility index (Phi) is 55.1. The molecule has 12 N–H and O–H groups in total. The maximum Gasteiger partial charge on any atom is 0.220 e. The summed E-state index contributed by atoms with van der Waals surface area (Å²) in [6, 6.07) is -0.886. The minimum absolute atomic E-state index is 0.237. The first-order chi connectivity index (χ1) is 47.8. The largest absolute Gasteiger partial charge is 0.394 e. The summed E-state index contributed by atoms with van der Waals surface area (Å²) < 4.78 is 34.5. The van der Waals surface area contributed by atoms with Crippen LogP contribution in [0.3, 0.4) is 0 Å². The highest BCUT2D eigenvalue weighted by Crippen LogP contribution is 2.33. The summed E-state index contributed by atoms with van der Waals surface area (Å²) in [4.78, 5) is 13.5. The number of nitrogens with one attached hydrogen (secondary N) is 1. The monoisotopic (exact) mass is 1400 g/mol. The molecule has 0 aromatic heterocycles. The molecule has 0 spiro atoms. The fourth-order valence-corrected chi connectivity index (χ4v) is 13.5. The third-order valence-corrected chi connectivity index (χ3v) is 19.9. The average molecular weight is 1400 g/mol. The first kappa shape index (κ1) is 90.0. The SMILES string of the molecule is CC/C=C\C/C=C\C/C=C\C/C=C\CCCCCCCCCCCCCCCCCCCCCCCCCCC(=O)NC(COC1OC(CO)C(OC2OC(CO)C(OC3OC(CO)C(O)C(O)C3O)C(O)C2O)C(O)C1O)C(O)CCCCCCCCCCCCCCCCCC. The maximum atomic E-state index is 13.5. The van der Waals surface area contributed by atoms with Gasteiger partial charge in [0.2, 0.25) is 5.91 Å². The van der Waals surface area contributed by atoms with Crippen LogP contribution in [-0.4, -0.2) is 193 Å². The Bertz CT molecular complexity index is 1960. The van der Waals surface area contributed by atoms with Crippen LogP contribution < -0.4 is 5.32 Å². The average Bonchev–Trinajstić information content (AvgIpc) is 0.784. The second-order valence-corrected chi connectivity index (χ2v) is 28.5. The van der Waals surface area contributed by atoms with Gasteiger partial charge in [-0.1, -0.05) is 306 Å². The molecule has 3 rings (SSSR count). The molecule has 3 saturated heterocycles. The fraction of sp³-hybridized carbons (Fsp3) is 0.886. The molecule has 3 heterocycles. The summed E-state index contributed by atoms with van der Waals surface area (Å²) in [6.45, 7) is 1.72. The topological polar surface area (TPSA) is 307 Å². The first-order valence-corrected chi connectivity index (χ1v) is 39.9. The molecule has 0 radical (unpaired) electrons. The molecule has 1 amide bonds. The summed E-state index contributed by atoms with van der Waals surface area (Å²) in [5, 5.41) is 121. The van der Waals surface area contributed by atoms with Crippen LogP contribution in [0.15, 0.2) is 48.6 Å². The van der Waals surface area contributed by atoms with Crippen molar-refractivity contribution in [3.05, 3.63) is 48.6 Å². The van der Waals surface area contributed by atoms with Gasteiger partial charge in [0.25, 0.3) is 0 Å². The Hall–Kier alpha value is -2.25. The van der Waals surface area contributed by atoms with Crippen molar-refractivity contribution in [3.63, 3.8) is 0 Å². The Morgan fingerprint density at radius 2 is 0.704 bits per heavy atom. The van der Waals surface area contributed by atoms with Gasteiger partial charge in [0.1, 0.15) is 73.2 Å². The van der Waals surface area contributed by atoms with Gasteiger partial charge in [-0.3, -0.25) is 4.79 Å². The second-order valence-electron chi connectivity index (χ2n) is 28.5. The molecule has 19 nitrogen and oxygen atoms in total. The lowest BCUT2D eigenvalue weighted by Gasteiger charge is -2.48. The fourth-order valence-electron chi connectivity index (χ4n) is 13.5. The van der Waals surface area contributed by atoms with E-state index in [1.807, 2.05) is 0 Å². The molecule has 574 valence electrons. The number of carbonyl (C=O) groups excluding carboxylic acids is 1. The highest BCUT2D eigenvalue weighted by atomic mass is 16.8. The molecular weight excluding hydrogens is 1250 g/mol. The van der Waals surface area contributed by atoms with Crippen LogP contribution in [0.5, 0.6) is 0 Å². The van der Waals surface area contributed by atoms with Gasteiger partial charge in [-0.2, -0.15) is 0 Å². The number of hydrogen-bond donors (Lipinski definition) is 12. The van der Waals surface area contributed by atoms with E-state index in [9.17, 15) is 61.0 Å². The van der Waals surface area contributed by atoms with Gasteiger partial charge in [0.15, 0.2) is 18.9 Å². The van der Waals surface area contributed by atoms with Gasteiger partial charge < -0.3 is 89.9 Å². The van der Waals surface area contributed by atoms with E-state index >= 15 is 0 Å². The number of amides is 1. The highest BCUT2D eigenvalue weighted by Gasteiger charge is 2.54. The van der Waals surface area contributed by atoms with E-state index in [-0.39, 0.29) is 18.9 Å². The van der Waals surface area contributed by atoms with E-state index in [0.29, 0.717) is 12.8 Å². The predicted octanol–water partition coefficient (Wildman–Crippen LogP) is 12.9. The molecule has 0 aliphatic carbocycles. The Morgan fingerprint density at radius 1 is 0.378 bits per heavy atom. The molecule has 17 unspecified atom stereocenters. The van der Waals surface area contributed by atoms with E-state index in [1.165, 1.54) is 212 Å². The van der Waals surface area contributed by atoms with Crippen LogP contribution in [0.1, 0.15) is 316 Å². The molecule has 19 heteroatoms. The summed E-state index contributed by atoms with van der Waals surface area (Å²) >= 11 is 0. The molecule has 0 aromatic rings. The zero-order valence-electron chi connectivity index (χ0n) is 61.3. The van der Waals surface area contributed by atoms with Gasteiger partial charge in [0, 0.05) is 6.42 Å². The van der Waals surface area contributed by atoms with Crippen molar-refractivity contribution in [1.29, 1.82) is 0 Å². The van der Waals surface area contributed by atoms with Crippen molar-refractivity contribution in [3.8, 4) is 0 Å². The van der Waals surface area contributed by atoms with Gasteiger partial charge in [-0.15, -0.1) is 0 Å². The van der Waals surface area contributed by atoms with Crippen LogP contribution in [0, 0.1) is 0 Å². The third kappa shape index (κ3) is 40.1. The molecular formula is C79H145NO18. The number of aliphatic hydroxyl groups excluding tert-OH is 11. The number of hydrogen-bond acceptors (Lipinski definition) is 18. The quantitative estimate of drug-likeness (QED) is 0.0199. The molecule has 0 bridgehead atoms. The lowest BCUT2D eigenvalue weighted by atomic mass is 9.96. The molecule has 3 aliphatic heterocycles. The van der Waals surface area contributed by atoms with Crippen molar-refractivity contribution >= 4 is 5.91 Å². The van der Waals surface area contributed by atoms with E-state index in [1.54, 1.807) is 0 Å². The van der Waals surface area contributed by atoms with E-state index < -0.39 is 124 Å². The molecule has 3 fully saturated rings. The van der Waals surface area contributed by atoms with Crippen molar-refractivity contribution in [2.45, 2.75) is 420 Å². The summed E-state index contributed by atoms with van der Waals surface area (Å²) in [5.74, 6) is -0.237. The number of rotatable bonds is 63. The first-order valence-electron chi connectivity index (χ1n) is 39.9. The Morgan fingerprint density at radius 3 is 1.10 bits per heavy atom. The molecule has 0 saturated carbocycles. The van der Waals surface area contributed by atoms with Gasteiger partial charge in [-0.25, -0.2) is 0 Å². The highest BCUT2D eigenvalue weighted by molar-refractivity contribution is 5.76. The predicted molar refractivity (Wildman–Crippen MR) is 388 cm³/mol. The lowest BCUT2D eigenvalue weighted by Crippen LogP contribution is -2.66. The third-order valence-electron chi connectivity index (χ3n) is 19.9.